The maximum atomic E-state index is 13.3. The molecule has 0 unspecified atom stereocenters. The van der Waals surface area contributed by atoms with E-state index in [0.717, 1.165) is 24.8 Å². The number of nitrogens with one attached hydrogen (secondary N) is 1. The fraction of sp³-hybridized carbons (Fsp3) is 0.381. The molecule has 1 amide bonds. The van der Waals surface area contributed by atoms with Crippen LogP contribution in [0.4, 0.5) is 5.69 Å². The maximum Gasteiger partial charge on any atom is 0.255 e. The van der Waals surface area contributed by atoms with Gasteiger partial charge in [0.15, 0.2) is 0 Å². The molecule has 156 valence electrons. The molecule has 0 aromatic heterocycles. The van der Waals surface area contributed by atoms with E-state index in [-0.39, 0.29) is 22.3 Å². The van der Waals surface area contributed by atoms with Gasteiger partial charge in [0.25, 0.3) is 5.91 Å². The van der Waals surface area contributed by atoms with Crippen molar-refractivity contribution in [2.75, 3.05) is 19.0 Å². The van der Waals surface area contributed by atoms with Crippen LogP contribution in [0.5, 0.6) is 5.75 Å². The zero-order chi connectivity index (χ0) is 21.2. The number of rotatable bonds is 5. The minimum atomic E-state index is -3.79. The highest BCUT2D eigenvalue weighted by Gasteiger charge is 2.33. The van der Waals surface area contributed by atoms with Crippen molar-refractivity contribution in [3.05, 3.63) is 52.5 Å². The first-order valence-electron chi connectivity index (χ1n) is 9.52. The second-order valence-electron chi connectivity index (χ2n) is 7.19. The zero-order valence-electron chi connectivity index (χ0n) is 16.7. The minimum absolute atomic E-state index is 0.00390. The van der Waals surface area contributed by atoms with Crippen LogP contribution in [-0.2, 0) is 10.0 Å². The number of nitrogens with zero attached hydrogens (tertiary/aromatic N) is 1. The van der Waals surface area contributed by atoms with Gasteiger partial charge in [0.1, 0.15) is 10.6 Å². The van der Waals surface area contributed by atoms with Crippen molar-refractivity contribution in [1.82, 2.24) is 4.31 Å². The molecule has 1 aliphatic heterocycles. The van der Waals surface area contributed by atoms with Crippen molar-refractivity contribution < 1.29 is 17.9 Å². The number of hydrogen-bond acceptors (Lipinski definition) is 4. The van der Waals surface area contributed by atoms with E-state index < -0.39 is 15.9 Å². The third-order valence-electron chi connectivity index (χ3n) is 5.27. The molecule has 1 heterocycles. The van der Waals surface area contributed by atoms with Gasteiger partial charge in [0.2, 0.25) is 10.0 Å². The predicted octanol–water partition coefficient (Wildman–Crippen LogP) is 4.47. The fourth-order valence-electron chi connectivity index (χ4n) is 3.51. The number of anilines is 1. The van der Waals surface area contributed by atoms with Crippen molar-refractivity contribution in [2.24, 2.45) is 0 Å². The van der Waals surface area contributed by atoms with Gasteiger partial charge < -0.3 is 10.1 Å². The number of piperidine rings is 1. The number of carbonyl (C=O) groups excluding carboxylic acids is 1. The van der Waals surface area contributed by atoms with Crippen LogP contribution < -0.4 is 10.1 Å². The molecule has 1 atom stereocenters. The maximum absolute atomic E-state index is 13.3. The second-order valence-corrected chi connectivity index (χ2v) is 9.46. The van der Waals surface area contributed by atoms with E-state index in [4.69, 9.17) is 16.3 Å². The SMILES string of the molecule is COc1ccc(C(=O)Nc2cccc(Cl)c2C)cc1S(=O)(=O)N1CCCC[C@H]1C. The summed E-state index contributed by atoms with van der Waals surface area (Å²) < 4.78 is 33.4. The summed E-state index contributed by atoms with van der Waals surface area (Å²) in [5.41, 5.74) is 1.55. The van der Waals surface area contributed by atoms with Gasteiger partial charge >= 0.3 is 0 Å². The van der Waals surface area contributed by atoms with Gasteiger partial charge in [0, 0.05) is 28.9 Å². The number of hydrogen-bond donors (Lipinski definition) is 1. The first-order chi connectivity index (χ1) is 13.8. The summed E-state index contributed by atoms with van der Waals surface area (Å²) in [6.45, 7) is 4.17. The Morgan fingerprint density at radius 1 is 1.24 bits per heavy atom. The van der Waals surface area contributed by atoms with Crippen LogP contribution in [0.15, 0.2) is 41.3 Å². The summed E-state index contributed by atoms with van der Waals surface area (Å²) in [6.07, 6.45) is 2.64. The number of sulfonamides is 1. The van der Waals surface area contributed by atoms with Gasteiger partial charge in [0.05, 0.1) is 7.11 Å². The lowest BCUT2D eigenvalue weighted by Gasteiger charge is -2.32. The lowest BCUT2D eigenvalue weighted by Crippen LogP contribution is -2.42. The molecule has 1 saturated heterocycles. The molecule has 1 N–H and O–H groups in total. The molecule has 0 spiro atoms. The third kappa shape index (κ3) is 4.42. The number of ether oxygens (including phenoxy) is 1. The van der Waals surface area contributed by atoms with Crippen molar-refractivity contribution in [3.63, 3.8) is 0 Å². The molecule has 8 heteroatoms. The van der Waals surface area contributed by atoms with Gasteiger partial charge in [-0.1, -0.05) is 24.1 Å². The first kappa shape index (κ1) is 21.6. The lowest BCUT2D eigenvalue weighted by molar-refractivity contribution is 0.102. The van der Waals surface area contributed by atoms with Gasteiger partial charge in [-0.05, 0) is 62.6 Å². The van der Waals surface area contributed by atoms with Gasteiger partial charge in [-0.15, -0.1) is 0 Å². The fourth-order valence-corrected chi connectivity index (χ4v) is 5.57. The Morgan fingerprint density at radius 3 is 2.69 bits per heavy atom. The molecule has 0 aliphatic carbocycles. The van der Waals surface area contributed by atoms with Crippen LogP contribution in [0, 0.1) is 6.92 Å². The number of methoxy groups -OCH3 is 1. The van der Waals surface area contributed by atoms with Crippen molar-refractivity contribution in [1.29, 1.82) is 0 Å². The third-order valence-corrected chi connectivity index (χ3v) is 7.71. The lowest BCUT2D eigenvalue weighted by atomic mass is 10.1. The molecule has 0 bridgehead atoms. The Bertz CT molecular complexity index is 1020. The number of benzene rings is 2. The smallest absolute Gasteiger partial charge is 0.255 e. The Balaban J connectivity index is 1.96. The van der Waals surface area contributed by atoms with Crippen LogP contribution >= 0.6 is 11.6 Å². The molecule has 0 saturated carbocycles. The topological polar surface area (TPSA) is 75.7 Å². The Kier molecular flexibility index (Phi) is 6.51. The molecule has 2 aromatic carbocycles. The van der Waals surface area contributed by atoms with E-state index in [0.29, 0.717) is 17.3 Å². The number of amides is 1. The summed E-state index contributed by atoms with van der Waals surface area (Å²) in [6, 6.07) is 9.58. The van der Waals surface area contributed by atoms with Crippen molar-refractivity contribution in [2.45, 2.75) is 44.0 Å². The molecule has 6 nitrogen and oxygen atoms in total. The molecular weight excluding hydrogens is 412 g/mol. The molecular formula is C21H25ClN2O4S. The number of carbonyl (C=O) groups is 1. The van der Waals surface area contributed by atoms with Gasteiger partial charge in [-0.2, -0.15) is 4.31 Å². The van der Waals surface area contributed by atoms with Crippen LogP contribution in [0.25, 0.3) is 0 Å². The van der Waals surface area contributed by atoms with E-state index >= 15 is 0 Å². The highest BCUT2D eigenvalue weighted by Crippen LogP contribution is 2.32. The highest BCUT2D eigenvalue weighted by atomic mass is 35.5. The molecule has 1 fully saturated rings. The average Bonchev–Trinajstić information content (AvgIpc) is 2.71. The standard InChI is InChI=1S/C21H25ClN2O4S/c1-14-7-4-5-12-24(14)29(26,27)20-13-16(10-11-19(20)28-3)21(25)23-18-9-6-8-17(22)15(18)2/h6,8-11,13-14H,4-5,7,12H2,1-3H3,(H,23,25)/t14-/m1/s1. The number of halogens is 1. The van der Waals surface area contributed by atoms with Crippen molar-refractivity contribution in [3.8, 4) is 5.75 Å². The van der Waals surface area contributed by atoms with E-state index in [1.165, 1.54) is 23.5 Å². The predicted molar refractivity (Wildman–Crippen MR) is 114 cm³/mol. The molecule has 2 aromatic rings. The summed E-state index contributed by atoms with van der Waals surface area (Å²) in [4.78, 5) is 12.8. The minimum Gasteiger partial charge on any atom is -0.495 e. The van der Waals surface area contributed by atoms with Gasteiger partial charge in [-0.25, -0.2) is 8.42 Å². The van der Waals surface area contributed by atoms with Crippen LogP contribution in [0.3, 0.4) is 0 Å². The quantitative estimate of drug-likeness (QED) is 0.750. The van der Waals surface area contributed by atoms with Crippen LogP contribution in [0.2, 0.25) is 5.02 Å². The summed E-state index contributed by atoms with van der Waals surface area (Å²) in [5, 5.41) is 3.34. The van der Waals surface area contributed by atoms with E-state index in [9.17, 15) is 13.2 Å². The largest absolute Gasteiger partial charge is 0.495 e. The zero-order valence-corrected chi connectivity index (χ0v) is 18.3. The summed E-state index contributed by atoms with van der Waals surface area (Å²) in [5.74, 6) is -0.195. The van der Waals surface area contributed by atoms with Crippen molar-refractivity contribution >= 4 is 33.2 Å². The molecule has 1 aliphatic rings. The molecule has 29 heavy (non-hydrogen) atoms. The van der Waals surface area contributed by atoms with E-state index in [1.54, 1.807) is 31.2 Å². The van der Waals surface area contributed by atoms with Gasteiger partial charge in [-0.3, -0.25) is 4.79 Å². The molecule has 3 rings (SSSR count). The Morgan fingerprint density at radius 2 is 2.00 bits per heavy atom. The Labute approximate surface area is 176 Å². The van der Waals surface area contributed by atoms with E-state index in [1.807, 2.05) is 6.92 Å². The Hall–Kier alpha value is -2.09. The summed E-state index contributed by atoms with van der Waals surface area (Å²) >= 11 is 6.11. The second kappa shape index (κ2) is 8.73. The molecule has 0 radical (unpaired) electrons. The first-order valence-corrected chi connectivity index (χ1v) is 11.3. The van der Waals surface area contributed by atoms with Crippen LogP contribution in [0.1, 0.15) is 42.1 Å². The van der Waals surface area contributed by atoms with Crippen LogP contribution in [-0.4, -0.2) is 38.3 Å². The monoisotopic (exact) mass is 436 g/mol. The average molecular weight is 437 g/mol. The highest BCUT2D eigenvalue weighted by molar-refractivity contribution is 7.89. The normalized spacial score (nSPS) is 17.7. The van der Waals surface area contributed by atoms with E-state index in [2.05, 4.69) is 5.32 Å². The summed E-state index contributed by atoms with van der Waals surface area (Å²) in [7, 11) is -2.37.